The van der Waals surface area contributed by atoms with E-state index in [9.17, 15) is 13.2 Å². The Bertz CT molecular complexity index is 975. The largest absolute Gasteiger partial charge is 0.433 e. The summed E-state index contributed by atoms with van der Waals surface area (Å²) in [6, 6.07) is 9.15. The van der Waals surface area contributed by atoms with Crippen molar-refractivity contribution in [2.24, 2.45) is 0 Å². The maximum absolute atomic E-state index is 13.1. The molecule has 1 aliphatic rings. The van der Waals surface area contributed by atoms with Gasteiger partial charge in [0.2, 0.25) is 5.95 Å². The Hall–Kier alpha value is -2.84. The van der Waals surface area contributed by atoms with Crippen molar-refractivity contribution in [1.82, 2.24) is 19.5 Å². The van der Waals surface area contributed by atoms with Crippen LogP contribution in [-0.2, 0) is 12.7 Å². The highest BCUT2D eigenvalue weighted by Gasteiger charge is 2.34. The van der Waals surface area contributed by atoms with Crippen molar-refractivity contribution in [1.29, 1.82) is 0 Å². The minimum absolute atomic E-state index is 0.0667. The summed E-state index contributed by atoms with van der Waals surface area (Å²) >= 11 is 0. The Kier molecular flexibility index (Phi) is 4.16. The number of nitrogens with zero attached hydrogens (tertiary/aromatic N) is 5. The topological polar surface area (TPSA) is 58.9 Å². The molecule has 0 amide bonds. The molecule has 2 aromatic heterocycles. The molecule has 1 saturated carbocycles. The van der Waals surface area contributed by atoms with E-state index in [2.05, 4.69) is 24.8 Å². The van der Waals surface area contributed by atoms with Crippen LogP contribution >= 0.6 is 0 Å². The van der Waals surface area contributed by atoms with E-state index >= 15 is 0 Å². The number of anilines is 2. The average molecular weight is 376 g/mol. The van der Waals surface area contributed by atoms with Crippen molar-refractivity contribution in [3.63, 3.8) is 0 Å². The lowest BCUT2D eigenvalue weighted by Crippen LogP contribution is -2.18. The molecule has 0 saturated heterocycles. The molecule has 4 rings (SSSR count). The molecular weight excluding hydrogens is 357 g/mol. The summed E-state index contributed by atoms with van der Waals surface area (Å²) in [7, 11) is 3.28. The lowest BCUT2D eigenvalue weighted by Gasteiger charge is -2.16. The predicted molar refractivity (Wildman–Crippen MR) is 96.7 cm³/mol. The van der Waals surface area contributed by atoms with Crippen molar-refractivity contribution in [2.45, 2.75) is 31.6 Å². The molecule has 0 radical (unpaired) electrons. The molecule has 27 heavy (non-hydrogen) atoms. The molecule has 142 valence electrons. The van der Waals surface area contributed by atoms with Crippen molar-refractivity contribution < 1.29 is 13.2 Å². The SMILES string of the molecule is CN(C)c1cc(C(F)(F)F)nc(NCc2nc3ccccc3n2C2CC2)n1. The Morgan fingerprint density at radius 1 is 1.15 bits per heavy atom. The van der Waals surface area contributed by atoms with Crippen molar-refractivity contribution in [3.8, 4) is 0 Å². The summed E-state index contributed by atoms with van der Waals surface area (Å²) in [4.78, 5) is 14.0. The molecule has 9 heteroatoms. The molecule has 0 atom stereocenters. The smallest absolute Gasteiger partial charge is 0.363 e. The lowest BCUT2D eigenvalue weighted by atomic mass is 10.3. The van der Waals surface area contributed by atoms with Crippen LogP contribution in [0.4, 0.5) is 24.9 Å². The monoisotopic (exact) mass is 376 g/mol. The zero-order valence-electron chi connectivity index (χ0n) is 15.0. The number of halogens is 3. The van der Waals surface area contributed by atoms with Gasteiger partial charge in [-0.1, -0.05) is 12.1 Å². The standard InChI is InChI=1S/C18H19F3N6/c1-26(2)15-9-14(18(19,20)21)24-17(25-15)22-10-16-23-12-5-3-4-6-13(12)27(16)11-7-8-11/h3-6,9,11H,7-8,10H2,1-2H3,(H,22,24,25). The van der Waals surface area contributed by atoms with Gasteiger partial charge in [-0.3, -0.25) is 0 Å². The maximum atomic E-state index is 13.1. The number of benzene rings is 1. The summed E-state index contributed by atoms with van der Waals surface area (Å²) in [5.41, 5.74) is 0.940. The van der Waals surface area contributed by atoms with E-state index in [1.165, 1.54) is 4.90 Å². The molecule has 0 bridgehead atoms. The number of fused-ring (bicyclic) bond motifs is 1. The third-order valence-corrected chi connectivity index (χ3v) is 4.45. The Morgan fingerprint density at radius 3 is 2.56 bits per heavy atom. The third-order valence-electron chi connectivity index (χ3n) is 4.45. The van der Waals surface area contributed by atoms with Gasteiger partial charge in [-0.2, -0.15) is 18.2 Å². The zero-order chi connectivity index (χ0) is 19.2. The van der Waals surface area contributed by atoms with Crippen LogP contribution in [0.5, 0.6) is 0 Å². The average Bonchev–Trinajstić information content (AvgIpc) is 3.39. The van der Waals surface area contributed by atoms with Crippen LogP contribution < -0.4 is 10.2 Å². The van der Waals surface area contributed by atoms with Gasteiger partial charge in [-0.25, -0.2) is 9.97 Å². The first kappa shape index (κ1) is 17.6. The molecular formula is C18H19F3N6. The fourth-order valence-electron chi connectivity index (χ4n) is 3.01. The highest BCUT2D eigenvalue weighted by molar-refractivity contribution is 5.76. The highest BCUT2D eigenvalue weighted by Crippen LogP contribution is 2.38. The molecule has 6 nitrogen and oxygen atoms in total. The Labute approximate surface area is 154 Å². The number of hydrogen-bond donors (Lipinski definition) is 1. The minimum Gasteiger partial charge on any atom is -0.363 e. The van der Waals surface area contributed by atoms with Crippen molar-refractivity contribution >= 4 is 22.8 Å². The highest BCUT2D eigenvalue weighted by atomic mass is 19.4. The molecule has 0 aliphatic heterocycles. The maximum Gasteiger partial charge on any atom is 0.433 e. The van der Waals surface area contributed by atoms with E-state index in [0.29, 0.717) is 6.04 Å². The Morgan fingerprint density at radius 2 is 1.89 bits per heavy atom. The van der Waals surface area contributed by atoms with E-state index < -0.39 is 11.9 Å². The van der Waals surface area contributed by atoms with Crippen LogP contribution in [0.2, 0.25) is 0 Å². The number of rotatable bonds is 5. The quantitative estimate of drug-likeness (QED) is 0.733. The van der Waals surface area contributed by atoms with Gasteiger partial charge in [0.1, 0.15) is 11.6 Å². The third kappa shape index (κ3) is 3.54. The fourth-order valence-corrected chi connectivity index (χ4v) is 3.01. The minimum atomic E-state index is -4.54. The van der Waals surface area contributed by atoms with Crippen molar-refractivity contribution in [3.05, 3.63) is 41.9 Å². The molecule has 1 aliphatic carbocycles. The molecule has 1 N–H and O–H groups in total. The molecule has 2 heterocycles. The van der Waals surface area contributed by atoms with Crippen LogP contribution in [0.25, 0.3) is 11.0 Å². The van der Waals surface area contributed by atoms with Crippen LogP contribution in [0.3, 0.4) is 0 Å². The van der Waals surface area contributed by atoms with Gasteiger partial charge in [0.15, 0.2) is 5.69 Å². The van der Waals surface area contributed by atoms with Crippen LogP contribution in [-0.4, -0.2) is 33.6 Å². The zero-order valence-corrected chi connectivity index (χ0v) is 15.0. The number of para-hydroxylation sites is 2. The van der Waals surface area contributed by atoms with E-state index in [4.69, 9.17) is 0 Å². The second kappa shape index (κ2) is 6.40. The molecule has 1 aromatic carbocycles. The first-order valence-electron chi connectivity index (χ1n) is 8.66. The summed E-state index contributed by atoms with van der Waals surface area (Å²) in [6.45, 7) is 0.249. The van der Waals surface area contributed by atoms with Gasteiger partial charge in [-0.15, -0.1) is 0 Å². The van der Waals surface area contributed by atoms with Crippen LogP contribution in [0.1, 0.15) is 30.4 Å². The van der Waals surface area contributed by atoms with Crippen molar-refractivity contribution in [2.75, 3.05) is 24.3 Å². The normalized spacial score (nSPS) is 14.6. The van der Waals surface area contributed by atoms with Crippen LogP contribution in [0, 0.1) is 0 Å². The van der Waals surface area contributed by atoms with Gasteiger partial charge in [-0.05, 0) is 25.0 Å². The predicted octanol–water partition coefficient (Wildman–Crippen LogP) is 3.86. The van der Waals surface area contributed by atoms with Gasteiger partial charge in [0.05, 0.1) is 17.6 Å². The van der Waals surface area contributed by atoms with E-state index in [1.807, 2.05) is 24.3 Å². The molecule has 0 unspecified atom stereocenters. The van der Waals surface area contributed by atoms with Gasteiger partial charge in [0, 0.05) is 26.2 Å². The van der Waals surface area contributed by atoms with Gasteiger partial charge in [0.25, 0.3) is 0 Å². The van der Waals surface area contributed by atoms with E-state index in [-0.39, 0.29) is 18.3 Å². The molecule has 1 fully saturated rings. The first-order valence-corrected chi connectivity index (χ1v) is 8.66. The number of imidazole rings is 1. The summed E-state index contributed by atoms with van der Waals surface area (Å²) in [5.74, 6) is 0.893. The molecule has 3 aromatic rings. The van der Waals surface area contributed by atoms with Gasteiger partial charge < -0.3 is 14.8 Å². The number of hydrogen-bond acceptors (Lipinski definition) is 5. The fraction of sp³-hybridized carbons (Fsp3) is 0.389. The number of nitrogens with one attached hydrogen (secondary N) is 1. The number of aromatic nitrogens is 4. The van der Waals surface area contributed by atoms with E-state index in [1.54, 1.807) is 14.1 Å². The second-order valence-electron chi connectivity index (χ2n) is 6.80. The Balaban J connectivity index is 1.65. The summed E-state index contributed by atoms with van der Waals surface area (Å²) < 4.78 is 41.6. The van der Waals surface area contributed by atoms with E-state index in [0.717, 1.165) is 35.8 Å². The summed E-state index contributed by atoms with van der Waals surface area (Å²) in [5, 5.41) is 2.92. The summed E-state index contributed by atoms with van der Waals surface area (Å²) in [6.07, 6.45) is -2.37. The lowest BCUT2D eigenvalue weighted by molar-refractivity contribution is -0.141. The second-order valence-corrected chi connectivity index (χ2v) is 6.80. The van der Waals surface area contributed by atoms with Crippen LogP contribution in [0.15, 0.2) is 30.3 Å². The van der Waals surface area contributed by atoms with Gasteiger partial charge >= 0.3 is 6.18 Å². The molecule has 0 spiro atoms. The number of alkyl halides is 3. The first-order chi connectivity index (χ1) is 12.8.